The van der Waals surface area contributed by atoms with Gasteiger partial charge in [0.05, 0.1) is 13.7 Å². The Bertz CT molecular complexity index is 661. The van der Waals surface area contributed by atoms with E-state index < -0.39 is 35.3 Å². The second kappa shape index (κ2) is 7.25. The Balaban J connectivity index is 2.31. The zero-order valence-electron chi connectivity index (χ0n) is 15.2. The van der Waals surface area contributed by atoms with E-state index in [1.165, 1.54) is 0 Å². The van der Waals surface area contributed by atoms with Gasteiger partial charge in [-0.05, 0) is 45.0 Å². The predicted octanol–water partition coefficient (Wildman–Crippen LogP) is 2.64. The molecule has 0 amide bonds. The van der Waals surface area contributed by atoms with Crippen molar-refractivity contribution in [3.8, 4) is 5.75 Å². The highest BCUT2D eigenvalue weighted by atomic mass is 16.6. The van der Waals surface area contributed by atoms with Crippen molar-refractivity contribution in [2.45, 2.75) is 33.3 Å². The maximum absolute atomic E-state index is 12.9. The van der Waals surface area contributed by atoms with Crippen LogP contribution in [-0.2, 0) is 19.1 Å². The van der Waals surface area contributed by atoms with Gasteiger partial charge in [0.2, 0.25) is 0 Å². The summed E-state index contributed by atoms with van der Waals surface area (Å²) < 4.78 is 15.5. The molecule has 0 unspecified atom stereocenters. The standard InChI is InChI=1S/C19H24O6/c1-6-24-17(21)14-15(19(3,4)25-18(14)22)11(2)16(20)12-7-9-13(23-5)10-8-12/h7-11,14-15H,6H2,1-5H3/t11-,14+,15-/m1/s1. The van der Waals surface area contributed by atoms with Crippen LogP contribution in [0.1, 0.15) is 38.1 Å². The summed E-state index contributed by atoms with van der Waals surface area (Å²) in [5, 5.41) is 0. The summed E-state index contributed by atoms with van der Waals surface area (Å²) in [6.07, 6.45) is 0. The van der Waals surface area contributed by atoms with E-state index in [9.17, 15) is 14.4 Å². The molecule has 6 heteroatoms. The number of hydrogen-bond acceptors (Lipinski definition) is 6. The van der Waals surface area contributed by atoms with Crippen molar-refractivity contribution in [1.29, 1.82) is 0 Å². The van der Waals surface area contributed by atoms with Crippen molar-refractivity contribution in [3.63, 3.8) is 0 Å². The number of ketones is 1. The molecule has 1 fully saturated rings. The van der Waals surface area contributed by atoms with E-state index in [1.54, 1.807) is 59.1 Å². The third kappa shape index (κ3) is 3.67. The summed E-state index contributed by atoms with van der Waals surface area (Å²) in [7, 11) is 1.55. The lowest BCUT2D eigenvalue weighted by atomic mass is 9.72. The first-order valence-corrected chi connectivity index (χ1v) is 8.30. The van der Waals surface area contributed by atoms with Crippen LogP contribution in [0.2, 0.25) is 0 Å². The molecule has 136 valence electrons. The van der Waals surface area contributed by atoms with Crippen LogP contribution in [0.15, 0.2) is 24.3 Å². The fraction of sp³-hybridized carbons (Fsp3) is 0.526. The van der Waals surface area contributed by atoms with Crippen molar-refractivity contribution in [3.05, 3.63) is 29.8 Å². The van der Waals surface area contributed by atoms with Crippen molar-refractivity contribution in [1.82, 2.24) is 0 Å². The summed E-state index contributed by atoms with van der Waals surface area (Å²) in [6, 6.07) is 6.73. The zero-order chi connectivity index (χ0) is 18.8. The SMILES string of the molecule is CCOC(=O)[C@H]1C(=O)OC(C)(C)[C@@H]1[C@@H](C)C(=O)c1ccc(OC)cc1. The first-order valence-electron chi connectivity index (χ1n) is 8.30. The minimum atomic E-state index is -1.09. The minimum Gasteiger partial charge on any atom is -0.497 e. The van der Waals surface area contributed by atoms with Gasteiger partial charge in [-0.15, -0.1) is 0 Å². The second-order valence-corrected chi connectivity index (χ2v) is 6.66. The number of Topliss-reactive ketones (excluding diaryl/α,β-unsaturated/α-hetero) is 1. The molecule has 25 heavy (non-hydrogen) atoms. The molecule has 0 saturated carbocycles. The van der Waals surface area contributed by atoms with E-state index in [-0.39, 0.29) is 12.4 Å². The lowest BCUT2D eigenvalue weighted by molar-refractivity contribution is -0.157. The molecule has 1 aliphatic rings. The molecule has 0 aliphatic carbocycles. The lowest BCUT2D eigenvalue weighted by Crippen LogP contribution is -2.41. The van der Waals surface area contributed by atoms with Gasteiger partial charge in [0, 0.05) is 17.4 Å². The van der Waals surface area contributed by atoms with Gasteiger partial charge in [0.25, 0.3) is 0 Å². The Morgan fingerprint density at radius 1 is 1.24 bits per heavy atom. The number of carbonyl (C=O) groups excluding carboxylic acids is 3. The third-order valence-electron chi connectivity index (χ3n) is 4.65. The zero-order valence-corrected chi connectivity index (χ0v) is 15.2. The molecule has 1 aromatic carbocycles. The van der Waals surface area contributed by atoms with Crippen LogP contribution in [0.3, 0.4) is 0 Å². The monoisotopic (exact) mass is 348 g/mol. The van der Waals surface area contributed by atoms with Crippen LogP contribution in [-0.4, -0.2) is 37.0 Å². The van der Waals surface area contributed by atoms with Crippen LogP contribution in [0, 0.1) is 17.8 Å². The number of ether oxygens (including phenoxy) is 3. The fourth-order valence-electron chi connectivity index (χ4n) is 3.49. The van der Waals surface area contributed by atoms with Crippen LogP contribution >= 0.6 is 0 Å². The van der Waals surface area contributed by atoms with Crippen molar-refractivity contribution >= 4 is 17.7 Å². The van der Waals surface area contributed by atoms with Crippen molar-refractivity contribution < 1.29 is 28.6 Å². The smallest absolute Gasteiger partial charge is 0.321 e. The summed E-state index contributed by atoms with van der Waals surface area (Å²) in [5.74, 6) is -3.08. The number of carbonyl (C=O) groups is 3. The Labute approximate surface area is 147 Å². The van der Waals surface area contributed by atoms with Crippen LogP contribution in [0.4, 0.5) is 0 Å². The number of cyclic esters (lactones) is 1. The van der Waals surface area contributed by atoms with Crippen molar-refractivity contribution in [2.75, 3.05) is 13.7 Å². The first-order chi connectivity index (χ1) is 11.7. The lowest BCUT2D eigenvalue weighted by Gasteiger charge is -2.30. The number of rotatable bonds is 6. The third-order valence-corrected chi connectivity index (χ3v) is 4.65. The van der Waals surface area contributed by atoms with Gasteiger partial charge in [0.1, 0.15) is 11.4 Å². The summed E-state index contributed by atoms with van der Waals surface area (Å²) in [5.41, 5.74) is -0.443. The molecular formula is C19H24O6. The number of esters is 2. The normalized spacial score (nSPS) is 22.8. The van der Waals surface area contributed by atoms with E-state index in [2.05, 4.69) is 0 Å². The second-order valence-electron chi connectivity index (χ2n) is 6.66. The number of methoxy groups -OCH3 is 1. The fourth-order valence-corrected chi connectivity index (χ4v) is 3.49. The summed E-state index contributed by atoms with van der Waals surface area (Å²) in [6.45, 7) is 6.98. The van der Waals surface area contributed by atoms with Gasteiger partial charge in [-0.2, -0.15) is 0 Å². The van der Waals surface area contributed by atoms with Crippen molar-refractivity contribution in [2.24, 2.45) is 17.8 Å². The molecule has 0 spiro atoms. The van der Waals surface area contributed by atoms with Gasteiger partial charge in [-0.3, -0.25) is 14.4 Å². The van der Waals surface area contributed by atoms with Gasteiger partial charge >= 0.3 is 11.9 Å². The summed E-state index contributed by atoms with van der Waals surface area (Å²) >= 11 is 0. The number of benzene rings is 1. The number of hydrogen-bond donors (Lipinski definition) is 0. The predicted molar refractivity (Wildman–Crippen MR) is 90.3 cm³/mol. The Morgan fingerprint density at radius 2 is 1.84 bits per heavy atom. The van der Waals surface area contributed by atoms with Crippen LogP contribution in [0.5, 0.6) is 5.75 Å². The van der Waals surface area contributed by atoms with E-state index in [1.807, 2.05) is 0 Å². The highest BCUT2D eigenvalue weighted by molar-refractivity contribution is 6.01. The molecule has 2 rings (SSSR count). The topological polar surface area (TPSA) is 78.9 Å². The largest absolute Gasteiger partial charge is 0.497 e. The van der Waals surface area contributed by atoms with E-state index >= 15 is 0 Å². The Morgan fingerprint density at radius 3 is 2.36 bits per heavy atom. The molecule has 6 nitrogen and oxygen atoms in total. The molecule has 1 aromatic rings. The molecule has 0 radical (unpaired) electrons. The Hall–Kier alpha value is -2.37. The molecule has 1 saturated heterocycles. The molecule has 1 heterocycles. The molecular weight excluding hydrogens is 324 g/mol. The van der Waals surface area contributed by atoms with Gasteiger partial charge in [-0.25, -0.2) is 0 Å². The quantitative estimate of drug-likeness (QED) is 0.447. The van der Waals surface area contributed by atoms with Gasteiger partial charge in [-0.1, -0.05) is 6.92 Å². The molecule has 0 bridgehead atoms. The molecule has 3 atom stereocenters. The minimum absolute atomic E-state index is 0.159. The average Bonchev–Trinajstić information content (AvgIpc) is 2.82. The van der Waals surface area contributed by atoms with Crippen LogP contribution in [0.25, 0.3) is 0 Å². The summed E-state index contributed by atoms with van der Waals surface area (Å²) in [4.78, 5) is 37.4. The average molecular weight is 348 g/mol. The molecule has 0 N–H and O–H groups in total. The highest BCUT2D eigenvalue weighted by Gasteiger charge is 2.57. The van der Waals surface area contributed by atoms with E-state index in [0.717, 1.165) is 0 Å². The van der Waals surface area contributed by atoms with Crippen LogP contribution < -0.4 is 4.74 Å². The maximum atomic E-state index is 12.9. The first kappa shape index (κ1) is 19.0. The maximum Gasteiger partial charge on any atom is 0.321 e. The molecule has 1 aliphatic heterocycles. The van der Waals surface area contributed by atoms with Gasteiger partial charge in [0.15, 0.2) is 11.7 Å². The van der Waals surface area contributed by atoms with E-state index in [0.29, 0.717) is 11.3 Å². The van der Waals surface area contributed by atoms with E-state index in [4.69, 9.17) is 14.2 Å². The molecule has 0 aromatic heterocycles. The Kier molecular flexibility index (Phi) is 5.50. The van der Waals surface area contributed by atoms with Gasteiger partial charge < -0.3 is 14.2 Å². The highest BCUT2D eigenvalue weighted by Crippen LogP contribution is 2.43.